The van der Waals surface area contributed by atoms with Gasteiger partial charge in [0.2, 0.25) is 0 Å². The number of para-hydroxylation sites is 1. The van der Waals surface area contributed by atoms with Crippen LogP contribution in [-0.2, 0) is 5.54 Å². The van der Waals surface area contributed by atoms with E-state index in [1.165, 1.54) is 10.8 Å². The first-order chi connectivity index (χ1) is 7.78. The number of hydrogen-bond donors (Lipinski definition) is 0. The van der Waals surface area contributed by atoms with Gasteiger partial charge < -0.3 is 0 Å². The molecule has 0 fully saturated rings. The normalized spacial score (nSPS) is 22.1. The zero-order chi connectivity index (χ0) is 11.0. The van der Waals surface area contributed by atoms with Crippen molar-refractivity contribution in [2.45, 2.75) is 12.5 Å². The van der Waals surface area contributed by atoms with Crippen LogP contribution in [0.3, 0.4) is 0 Å². The van der Waals surface area contributed by atoms with E-state index in [0.29, 0.717) is 0 Å². The predicted octanol–water partition coefficient (Wildman–Crippen LogP) is 2.02. The maximum atomic E-state index is 4.80. The van der Waals surface area contributed by atoms with Gasteiger partial charge in [0.1, 0.15) is 5.54 Å². The molecule has 0 N–H and O–H groups in total. The molecule has 0 aliphatic carbocycles. The lowest BCUT2D eigenvalue weighted by Crippen LogP contribution is -2.19. The molecule has 1 aliphatic heterocycles. The van der Waals surface area contributed by atoms with E-state index < -0.39 is 0 Å². The number of fused-ring (bicyclic) bond motifs is 1. The molecule has 16 heavy (non-hydrogen) atoms. The van der Waals surface area contributed by atoms with Gasteiger partial charge in [-0.2, -0.15) is 0 Å². The van der Waals surface area contributed by atoms with E-state index in [4.69, 9.17) is 4.99 Å². The lowest BCUT2D eigenvalue weighted by molar-refractivity contribution is 0.668. The molecule has 0 amide bonds. The Labute approximate surface area is 94.8 Å². The molecule has 0 aromatic heterocycles. The molecule has 1 aliphatic rings. The molecule has 1 heterocycles. The van der Waals surface area contributed by atoms with Crippen LogP contribution in [0.4, 0.5) is 0 Å². The maximum Gasteiger partial charge on any atom is 0.103 e. The highest BCUT2D eigenvalue weighted by Crippen LogP contribution is 2.27. The number of nitrogens with zero attached hydrogens (tertiary/aromatic N) is 1. The van der Waals surface area contributed by atoms with Crippen molar-refractivity contribution in [2.24, 2.45) is 4.99 Å². The van der Waals surface area contributed by atoms with Gasteiger partial charge in [-0.25, -0.2) is 0 Å². The van der Waals surface area contributed by atoms with Crippen LogP contribution in [0.25, 0.3) is 6.08 Å². The molecule has 0 bridgehead atoms. The summed E-state index contributed by atoms with van der Waals surface area (Å²) in [5, 5.41) is 2.32. The fraction of sp³-hybridized carbons (Fsp3) is 0.133. The smallest absolute Gasteiger partial charge is 0.103 e. The van der Waals surface area contributed by atoms with Crippen LogP contribution in [-0.4, -0.2) is 0 Å². The van der Waals surface area contributed by atoms with E-state index in [2.05, 4.69) is 55.5 Å². The minimum absolute atomic E-state index is 0.203. The first-order valence-corrected chi connectivity index (χ1v) is 5.51. The Balaban J connectivity index is 2.22. The van der Waals surface area contributed by atoms with Crippen molar-refractivity contribution in [1.82, 2.24) is 0 Å². The lowest BCUT2D eigenvalue weighted by atomic mass is 9.93. The first-order valence-electron chi connectivity index (χ1n) is 5.51. The van der Waals surface area contributed by atoms with Crippen molar-refractivity contribution in [3.63, 3.8) is 0 Å². The molecule has 1 atom stereocenters. The minimum Gasteiger partial charge on any atom is -0.269 e. The fourth-order valence-electron chi connectivity index (χ4n) is 2.22. The molecule has 0 radical (unpaired) electrons. The number of rotatable bonds is 1. The highest BCUT2D eigenvalue weighted by molar-refractivity contribution is 5.47. The molecular weight excluding hydrogens is 194 g/mol. The topological polar surface area (TPSA) is 12.4 Å². The molecular formula is C15H13N. The molecule has 1 heteroatoms. The molecule has 3 rings (SSSR count). The van der Waals surface area contributed by atoms with Gasteiger partial charge in [0.15, 0.2) is 0 Å². The summed E-state index contributed by atoms with van der Waals surface area (Å²) in [6.45, 7) is 2.16. The standard InChI is InChI=1S/C15H13N/c1-15(13-8-3-2-4-9-13)11-12-7-5-6-10-14(12)16-15/h2-11H,1H3. The summed E-state index contributed by atoms with van der Waals surface area (Å²) in [7, 11) is 0. The van der Waals surface area contributed by atoms with E-state index in [9.17, 15) is 0 Å². The second-order valence-electron chi connectivity index (χ2n) is 4.33. The second-order valence-corrected chi connectivity index (χ2v) is 4.33. The van der Waals surface area contributed by atoms with Gasteiger partial charge in [0, 0.05) is 0 Å². The van der Waals surface area contributed by atoms with Crippen LogP contribution in [0.2, 0.25) is 0 Å². The fourth-order valence-corrected chi connectivity index (χ4v) is 2.22. The van der Waals surface area contributed by atoms with Crippen LogP contribution in [0, 0.1) is 0 Å². The van der Waals surface area contributed by atoms with E-state index in [0.717, 1.165) is 5.36 Å². The Morgan fingerprint density at radius 3 is 2.31 bits per heavy atom. The zero-order valence-corrected chi connectivity index (χ0v) is 9.22. The summed E-state index contributed by atoms with van der Waals surface area (Å²) in [6.07, 6.45) is 2.23. The van der Waals surface area contributed by atoms with Crippen molar-refractivity contribution in [1.29, 1.82) is 0 Å². The minimum atomic E-state index is -0.203. The van der Waals surface area contributed by atoms with E-state index >= 15 is 0 Å². The van der Waals surface area contributed by atoms with Gasteiger partial charge in [-0.05, 0) is 29.8 Å². The Morgan fingerprint density at radius 2 is 1.56 bits per heavy atom. The van der Waals surface area contributed by atoms with Crippen LogP contribution in [0.15, 0.2) is 59.6 Å². The highest BCUT2D eigenvalue weighted by atomic mass is 14.9. The Kier molecular flexibility index (Phi) is 1.93. The summed E-state index contributed by atoms with van der Waals surface area (Å²) in [5.41, 5.74) is 1.04. The quantitative estimate of drug-likeness (QED) is 0.678. The third kappa shape index (κ3) is 1.36. The molecule has 2 aromatic carbocycles. The Hall–Kier alpha value is -1.89. The van der Waals surface area contributed by atoms with Crippen molar-refractivity contribution >= 4 is 6.08 Å². The van der Waals surface area contributed by atoms with Gasteiger partial charge in [-0.15, -0.1) is 0 Å². The maximum absolute atomic E-state index is 4.80. The van der Waals surface area contributed by atoms with Crippen LogP contribution < -0.4 is 10.6 Å². The molecule has 1 unspecified atom stereocenters. The van der Waals surface area contributed by atoms with Crippen LogP contribution in [0.5, 0.6) is 0 Å². The second kappa shape index (κ2) is 3.31. The summed E-state index contributed by atoms with van der Waals surface area (Å²) >= 11 is 0. The Morgan fingerprint density at radius 1 is 0.875 bits per heavy atom. The van der Waals surface area contributed by atoms with Crippen molar-refractivity contribution in [2.75, 3.05) is 0 Å². The predicted molar refractivity (Wildman–Crippen MR) is 65.5 cm³/mol. The lowest BCUT2D eigenvalue weighted by Gasteiger charge is -2.18. The van der Waals surface area contributed by atoms with Crippen LogP contribution >= 0.6 is 0 Å². The monoisotopic (exact) mass is 207 g/mol. The van der Waals surface area contributed by atoms with Crippen molar-refractivity contribution in [3.8, 4) is 0 Å². The van der Waals surface area contributed by atoms with Crippen LogP contribution in [0.1, 0.15) is 12.5 Å². The van der Waals surface area contributed by atoms with Gasteiger partial charge >= 0.3 is 0 Å². The van der Waals surface area contributed by atoms with Gasteiger partial charge in [-0.3, -0.25) is 4.99 Å². The van der Waals surface area contributed by atoms with E-state index in [1.807, 2.05) is 12.1 Å². The third-order valence-electron chi connectivity index (χ3n) is 3.08. The molecule has 0 saturated heterocycles. The molecule has 1 nitrogen and oxygen atoms in total. The molecule has 2 aromatic rings. The molecule has 78 valence electrons. The largest absolute Gasteiger partial charge is 0.269 e. The SMILES string of the molecule is CC1(c2ccccc2)C=c2ccccc2=N1. The molecule has 0 saturated carbocycles. The average molecular weight is 207 g/mol. The highest BCUT2D eigenvalue weighted by Gasteiger charge is 2.24. The van der Waals surface area contributed by atoms with Crippen molar-refractivity contribution < 1.29 is 0 Å². The zero-order valence-electron chi connectivity index (χ0n) is 9.22. The molecule has 0 spiro atoms. The van der Waals surface area contributed by atoms with E-state index in [1.54, 1.807) is 0 Å². The average Bonchev–Trinajstić information content (AvgIpc) is 2.68. The van der Waals surface area contributed by atoms with Gasteiger partial charge in [0.05, 0.1) is 5.36 Å². The Bertz CT molecular complexity index is 591. The summed E-state index contributed by atoms with van der Waals surface area (Å²) in [4.78, 5) is 4.80. The number of benzene rings is 2. The third-order valence-corrected chi connectivity index (χ3v) is 3.08. The number of hydrogen-bond acceptors (Lipinski definition) is 1. The van der Waals surface area contributed by atoms with E-state index in [-0.39, 0.29) is 5.54 Å². The summed E-state index contributed by atoms with van der Waals surface area (Å²) in [6, 6.07) is 18.7. The summed E-state index contributed by atoms with van der Waals surface area (Å²) < 4.78 is 0. The van der Waals surface area contributed by atoms with Crippen molar-refractivity contribution in [3.05, 3.63) is 70.7 Å². The van der Waals surface area contributed by atoms with Gasteiger partial charge in [-0.1, -0.05) is 48.5 Å². The summed E-state index contributed by atoms with van der Waals surface area (Å²) in [5.74, 6) is 0. The van der Waals surface area contributed by atoms with Gasteiger partial charge in [0.25, 0.3) is 0 Å². The first kappa shape index (κ1) is 9.34.